The molecule has 2 rings (SSSR count). The van der Waals surface area contributed by atoms with Crippen molar-refractivity contribution in [3.05, 3.63) is 57.6 Å². The number of esters is 1. The Morgan fingerprint density at radius 3 is 2.54 bits per heavy atom. The molecule has 138 valence electrons. The molecule has 0 aliphatic rings. The minimum Gasteiger partial charge on any atom is -0.496 e. The van der Waals surface area contributed by atoms with Crippen molar-refractivity contribution in [2.45, 2.75) is 13.0 Å². The summed E-state index contributed by atoms with van der Waals surface area (Å²) in [6.07, 6.45) is 0. The van der Waals surface area contributed by atoms with Crippen molar-refractivity contribution in [3.63, 3.8) is 0 Å². The second kappa shape index (κ2) is 8.78. The van der Waals surface area contributed by atoms with Crippen LogP contribution in [0, 0.1) is 0 Å². The molecule has 0 unspecified atom stereocenters. The van der Waals surface area contributed by atoms with Crippen molar-refractivity contribution in [2.24, 2.45) is 0 Å². The summed E-state index contributed by atoms with van der Waals surface area (Å²) in [5.74, 6) is -1.00. The highest BCUT2D eigenvalue weighted by Gasteiger charge is 2.19. The van der Waals surface area contributed by atoms with Gasteiger partial charge in [-0.15, -0.1) is 0 Å². The molecule has 0 saturated carbocycles. The van der Waals surface area contributed by atoms with E-state index in [1.54, 1.807) is 25.1 Å². The Bertz CT molecular complexity index is 827. The fourth-order valence-electron chi connectivity index (χ4n) is 2.29. The summed E-state index contributed by atoms with van der Waals surface area (Å²) in [5, 5.41) is 3.44. The Morgan fingerprint density at radius 1 is 1.19 bits per heavy atom. The zero-order chi connectivity index (χ0) is 19.3. The molecule has 0 radical (unpaired) electrons. The fraction of sp³-hybridized carbons (Fsp3) is 0.222. The number of anilines is 1. The summed E-state index contributed by atoms with van der Waals surface area (Å²) < 4.78 is 10.1. The van der Waals surface area contributed by atoms with E-state index < -0.39 is 18.5 Å². The van der Waals surface area contributed by atoms with Crippen molar-refractivity contribution < 1.29 is 19.1 Å². The molecule has 0 fully saturated rings. The highest BCUT2D eigenvalue weighted by Crippen LogP contribution is 2.29. The second-order valence-corrected chi connectivity index (χ2v) is 6.28. The molecule has 2 aromatic carbocycles. The van der Waals surface area contributed by atoms with Gasteiger partial charge in [-0.1, -0.05) is 41.4 Å². The molecule has 0 aliphatic heterocycles. The van der Waals surface area contributed by atoms with Crippen LogP contribution in [0.4, 0.5) is 5.69 Å². The first-order valence-electron chi connectivity index (χ1n) is 7.67. The molecule has 1 amide bonds. The van der Waals surface area contributed by atoms with E-state index in [0.717, 1.165) is 5.56 Å². The van der Waals surface area contributed by atoms with Gasteiger partial charge in [0.2, 0.25) is 0 Å². The number of benzene rings is 2. The van der Waals surface area contributed by atoms with Crippen LogP contribution < -0.4 is 15.8 Å². The van der Waals surface area contributed by atoms with Crippen molar-refractivity contribution in [3.8, 4) is 5.75 Å². The molecule has 6 nitrogen and oxygen atoms in total. The van der Waals surface area contributed by atoms with Crippen LogP contribution in [0.5, 0.6) is 5.75 Å². The Labute approximate surface area is 161 Å². The topological polar surface area (TPSA) is 90.7 Å². The number of carbonyl (C=O) groups excluding carboxylic acids is 2. The molecule has 8 heteroatoms. The first-order valence-corrected chi connectivity index (χ1v) is 8.43. The zero-order valence-electron chi connectivity index (χ0n) is 14.2. The Hall–Kier alpha value is -2.44. The summed E-state index contributed by atoms with van der Waals surface area (Å²) >= 11 is 12.0. The number of halogens is 2. The largest absolute Gasteiger partial charge is 0.496 e. The van der Waals surface area contributed by atoms with Crippen molar-refractivity contribution >= 4 is 40.8 Å². The highest BCUT2D eigenvalue weighted by molar-refractivity contribution is 6.33. The standard InChI is InChI=1S/C18H18Cl2N2O4/c1-10(11-5-3-4-6-13(11)19)22-17(23)9-26-18(24)12-7-14(20)15(21)8-16(12)25-2/h3-8,10H,9,21H2,1-2H3,(H,22,23)/t10-/m0/s1. The lowest BCUT2D eigenvalue weighted by molar-refractivity contribution is -0.124. The monoisotopic (exact) mass is 396 g/mol. The lowest BCUT2D eigenvalue weighted by atomic mass is 10.1. The molecule has 0 aliphatic carbocycles. The lowest BCUT2D eigenvalue weighted by Gasteiger charge is -2.16. The third kappa shape index (κ3) is 4.80. The molecule has 2 aromatic rings. The van der Waals surface area contributed by atoms with Gasteiger partial charge in [0.15, 0.2) is 6.61 Å². The lowest BCUT2D eigenvalue weighted by Crippen LogP contribution is -2.31. The zero-order valence-corrected chi connectivity index (χ0v) is 15.7. The first-order chi connectivity index (χ1) is 12.3. The number of ether oxygens (including phenoxy) is 2. The minimum absolute atomic E-state index is 0.0821. The van der Waals surface area contributed by atoms with Gasteiger partial charge in [0.1, 0.15) is 11.3 Å². The number of nitrogens with one attached hydrogen (secondary N) is 1. The van der Waals surface area contributed by atoms with E-state index in [1.165, 1.54) is 19.2 Å². The van der Waals surface area contributed by atoms with E-state index in [9.17, 15) is 9.59 Å². The third-order valence-corrected chi connectivity index (χ3v) is 4.29. The van der Waals surface area contributed by atoms with E-state index in [0.29, 0.717) is 5.02 Å². The maximum atomic E-state index is 12.2. The number of hydrogen-bond acceptors (Lipinski definition) is 5. The predicted octanol–water partition coefficient (Wildman–Crippen LogP) is 3.62. The number of methoxy groups -OCH3 is 1. The Balaban J connectivity index is 1.98. The van der Waals surface area contributed by atoms with E-state index in [1.807, 2.05) is 6.07 Å². The normalized spacial score (nSPS) is 11.5. The molecule has 0 heterocycles. The van der Waals surface area contributed by atoms with Crippen LogP contribution in [0.25, 0.3) is 0 Å². The highest BCUT2D eigenvalue weighted by atomic mass is 35.5. The minimum atomic E-state index is -0.746. The first kappa shape index (κ1) is 19.9. The van der Waals surface area contributed by atoms with Gasteiger partial charge in [-0.25, -0.2) is 4.79 Å². The number of rotatable bonds is 6. The molecule has 0 saturated heterocycles. The number of hydrogen-bond donors (Lipinski definition) is 2. The van der Waals surface area contributed by atoms with Gasteiger partial charge < -0.3 is 20.5 Å². The number of nitrogen functional groups attached to an aromatic ring is 1. The van der Waals surface area contributed by atoms with Gasteiger partial charge in [-0.2, -0.15) is 0 Å². The van der Waals surface area contributed by atoms with E-state index >= 15 is 0 Å². The van der Waals surface area contributed by atoms with Crippen LogP contribution >= 0.6 is 23.2 Å². The van der Waals surface area contributed by atoms with Crippen LogP contribution in [-0.2, 0) is 9.53 Å². The maximum Gasteiger partial charge on any atom is 0.342 e. The Morgan fingerprint density at radius 2 is 1.88 bits per heavy atom. The molecular formula is C18H18Cl2N2O4. The Kier molecular flexibility index (Phi) is 6.71. The summed E-state index contributed by atoms with van der Waals surface area (Å²) in [6.45, 7) is 1.32. The van der Waals surface area contributed by atoms with Crippen molar-refractivity contribution in [1.82, 2.24) is 5.32 Å². The van der Waals surface area contributed by atoms with Crippen LogP contribution in [-0.4, -0.2) is 25.6 Å². The summed E-state index contributed by atoms with van der Waals surface area (Å²) in [6, 6.07) is 9.57. The molecule has 1 atom stereocenters. The van der Waals surface area contributed by atoms with Gasteiger partial charge in [0.05, 0.1) is 23.9 Å². The number of amides is 1. The van der Waals surface area contributed by atoms with Crippen LogP contribution in [0.2, 0.25) is 10.0 Å². The molecule has 26 heavy (non-hydrogen) atoms. The van der Waals surface area contributed by atoms with Gasteiger partial charge in [-0.05, 0) is 24.6 Å². The third-order valence-electron chi connectivity index (χ3n) is 3.62. The summed E-state index contributed by atoms with van der Waals surface area (Å²) in [7, 11) is 1.39. The SMILES string of the molecule is COc1cc(N)c(Cl)cc1C(=O)OCC(=O)N[C@@H](C)c1ccccc1Cl. The number of carbonyl (C=O) groups is 2. The predicted molar refractivity (Wildman–Crippen MR) is 101 cm³/mol. The van der Waals surface area contributed by atoms with E-state index in [4.69, 9.17) is 38.4 Å². The van der Waals surface area contributed by atoms with Gasteiger partial charge in [0.25, 0.3) is 5.91 Å². The summed E-state index contributed by atoms with van der Waals surface area (Å²) in [5.41, 5.74) is 6.79. The summed E-state index contributed by atoms with van der Waals surface area (Å²) in [4.78, 5) is 24.2. The van der Waals surface area contributed by atoms with E-state index in [2.05, 4.69) is 5.32 Å². The quantitative estimate of drug-likeness (QED) is 0.574. The van der Waals surface area contributed by atoms with Crippen LogP contribution in [0.15, 0.2) is 36.4 Å². The molecule has 3 N–H and O–H groups in total. The molecule has 0 spiro atoms. The number of nitrogens with two attached hydrogens (primary N) is 1. The van der Waals surface area contributed by atoms with E-state index in [-0.39, 0.29) is 28.1 Å². The second-order valence-electron chi connectivity index (χ2n) is 5.46. The van der Waals surface area contributed by atoms with Gasteiger partial charge in [0, 0.05) is 11.1 Å². The van der Waals surface area contributed by atoms with Gasteiger partial charge >= 0.3 is 5.97 Å². The molecule has 0 bridgehead atoms. The maximum absolute atomic E-state index is 12.2. The van der Waals surface area contributed by atoms with Gasteiger partial charge in [-0.3, -0.25) is 4.79 Å². The smallest absolute Gasteiger partial charge is 0.342 e. The average molecular weight is 397 g/mol. The van der Waals surface area contributed by atoms with Crippen LogP contribution in [0.1, 0.15) is 28.9 Å². The molecule has 0 aromatic heterocycles. The van der Waals surface area contributed by atoms with Crippen molar-refractivity contribution in [2.75, 3.05) is 19.5 Å². The van der Waals surface area contributed by atoms with Crippen molar-refractivity contribution in [1.29, 1.82) is 0 Å². The molecular weight excluding hydrogens is 379 g/mol. The average Bonchev–Trinajstić information content (AvgIpc) is 2.61. The van der Waals surface area contributed by atoms with Crippen LogP contribution in [0.3, 0.4) is 0 Å². The fourth-order valence-corrected chi connectivity index (χ4v) is 2.76.